The molecule has 2 aromatic heterocycles. The molecule has 0 unspecified atom stereocenters. The maximum Gasteiger partial charge on any atom is 0.225 e. The Bertz CT molecular complexity index is 510. The molecule has 0 atom stereocenters. The van der Waals surface area contributed by atoms with Gasteiger partial charge in [0.2, 0.25) is 5.95 Å². The Morgan fingerprint density at radius 1 is 1.09 bits per heavy atom. The van der Waals surface area contributed by atoms with Gasteiger partial charge in [-0.05, 0) is 18.9 Å². The second kappa shape index (κ2) is 9.51. The van der Waals surface area contributed by atoms with Gasteiger partial charge in [-0.25, -0.2) is 15.0 Å². The Morgan fingerprint density at radius 2 is 1.86 bits per heavy atom. The Balaban J connectivity index is 1.89. The first kappa shape index (κ1) is 16.9. The molecule has 0 aromatic carbocycles. The molecular formula is C17H25N4S. The third-order valence-corrected chi connectivity index (χ3v) is 4.24. The van der Waals surface area contributed by atoms with E-state index in [1.54, 1.807) is 0 Å². The third kappa shape index (κ3) is 5.72. The normalized spacial score (nSPS) is 10.8. The van der Waals surface area contributed by atoms with Crippen molar-refractivity contribution >= 4 is 17.3 Å². The van der Waals surface area contributed by atoms with Crippen molar-refractivity contribution in [2.24, 2.45) is 0 Å². The van der Waals surface area contributed by atoms with Crippen molar-refractivity contribution in [3.8, 4) is 0 Å². The van der Waals surface area contributed by atoms with Crippen LogP contribution in [0.25, 0.3) is 0 Å². The predicted octanol–water partition coefficient (Wildman–Crippen LogP) is 4.06. The highest BCUT2D eigenvalue weighted by molar-refractivity contribution is 7.07. The van der Waals surface area contributed by atoms with Crippen LogP contribution in [0, 0.1) is 12.4 Å². The monoisotopic (exact) mass is 317 g/mol. The van der Waals surface area contributed by atoms with E-state index in [-0.39, 0.29) is 0 Å². The van der Waals surface area contributed by atoms with E-state index in [9.17, 15) is 0 Å². The fourth-order valence-corrected chi connectivity index (χ4v) is 2.87. The minimum Gasteiger partial charge on any atom is -0.340 e. The first-order valence-corrected chi connectivity index (χ1v) is 9.01. The molecule has 4 nitrogen and oxygen atoms in total. The van der Waals surface area contributed by atoms with Crippen LogP contribution in [-0.2, 0) is 6.42 Å². The molecule has 0 spiro atoms. The lowest BCUT2D eigenvalue weighted by molar-refractivity contribution is 0.611. The van der Waals surface area contributed by atoms with E-state index in [0.717, 1.165) is 36.7 Å². The van der Waals surface area contributed by atoms with Crippen molar-refractivity contribution in [2.75, 3.05) is 18.0 Å². The lowest BCUT2D eigenvalue weighted by atomic mass is 10.1. The van der Waals surface area contributed by atoms with Crippen LogP contribution < -0.4 is 4.90 Å². The van der Waals surface area contributed by atoms with E-state index in [2.05, 4.69) is 37.7 Å². The highest BCUT2D eigenvalue weighted by Crippen LogP contribution is 2.12. The number of anilines is 1. The number of rotatable bonds is 10. The highest BCUT2D eigenvalue weighted by Gasteiger charge is 2.10. The lowest BCUT2D eigenvalue weighted by Crippen LogP contribution is -2.29. The van der Waals surface area contributed by atoms with E-state index in [1.165, 1.54) is 43.4 Å². The summed E-state index contributed by atoms with van der Waals surface area (Å²) in [6, 6.07) is 0. The summed E-state index contributed by atoms with van der Waals surface area (Å²) in [7, 11) is 0. The molecule has 0 fully saturated rings. The van der Waals surface area contributed by atoms with Gasteiger partial charge in [0, 0.05) is 37.3 Å². The molecule has 119 valence electrons. The summed E-state index contributed by atoms with van der Waals surface area (Å²) in [5.41, 5.74) is 5.11. The van der Waals surface area contributed by atoms with E-state index in [0.29, 0.717) is 0 Å². The van der Waals surface area contributed by atoms with Crippen molar-refractivity contribution in [3.63, 3.8) is 0 Å². The summed E-state index contributed by atoms with van der Waals surface area (Å²) in [4.78, 5) is 15.5. The molecule has 0 aliphatic rings. The Labute approximate surface area is 137 Å². The molecule has 5 heteroatoms. The van der Waals surface area contributed by atoms with Crippen molar-refractivity contribution < 1.29 is 0 Å². The standard InChI is InChI=1S/C17H25N4S/c1-3-4-5-6-7-9-21(10-8-16-13-22-14-20-16)17-18-11-15(2)12-19-17/h11-13H,3-10H2,1-2H3. The number of nitrogens with zero attached hydrogens (tertiary/aromatic N) is 4. The zero-order valence-corrected chi connectivity index (χ0v) is 14.4. The molecule has 0 bridgehead atoms. The molecule has 2 aromatic rings. The summed E-state index contributed by atoms with van der Waals surface area (Å²) >= 11 is 1.53. The van der Waals surface area contributed by atoms with E-state index in [1.807, 2.05) is 19.3 Å². The smallest absolute Gasteiger partial charge is 0.225 e. The summed E-state index contributed by atoms with van der Waals surface area (Å²) < 4.78 is 0. The average molecular weight is 317 g/mol. The maximum absolute atomic E-state index is 4.48. The Kier molecular flexibility index (Phi) is 7.30. The minimum absolute atomic E-state index is 0.834. The summed E-state index contributed by atoms with van der Waals surface area (Å²) in [5.74, 6) is 0.834. The molecule has 0 saturated carbocycles. The summed E-state index contributed by atoms with van der Waals surface area (Å²) in [6.07, 6.45) is 11.1. The van der Waals surface area contributed by atoms with Gasteiger partial charge in [0.25, 0.3) is 0 Å². The van der Waals surface area contributed by atoms with Crippen LogP contribution in [0.15, 0.2) is 17.8 Å². The highest BCUT2D eigenvalue weighted by atomic mass is 32.1. The molecule has 0 aliphatic carbocycles. The fraction of sp³-hybridized carbons (Fsp3) is 0.588. The number of hydrogen-bond acceptors (Lipinski definition) is 5. The second-order valence-corrected chi connectivity index (χ2v) is 6.30. The molecule has 0 amide bonds. The topological polar surface area (TPSA) is 41.9 Å². The van der Waals surface area contributed by atoms with Crippen LogP contribution in [0.3, 0.4) is 0 Å². The van der Waals surface area contributed by atoms with Crippen molar-refractivity contribution in [3.05, 3.63) is 34.5 Å². The number of thiazole rings is 1. The summed E-state index contributed by atoms with van der Waals surface area (Å²) in [6.45, 7) is 6.19. The largest absolute Gasteiger partial charge is 0.340 e. The van der Waals surface area contributed by atoms with Gasteiger partial charge >= 0.3 is 0 Å². The molecule has 0 N–H and O–H groups in total. The van der Waals surface area contributed by atoms with Gasteiger partial charge in [0.05, 0.1) is 5.69 Å². The van der Waals surface area contributed by atoms with Crippen LogP contribution in [0.5, 0.6) is 0 Å². The SMILES string of the molecule is CCCCCCCN(CCc1cs[c]n1)c1ncc(C)cn1. The third-order valence-electron chi connectivity index (χ3n) is 3.66. The first-order valence-electron chi connectivity index (χ1n) is 8.13. The quantitative estimate of drug-likeness (QED) is 0.620. The van der Waals surface area contributed by atoms with E-state index < -0.39 is 0 Å². The Morgan fingerprint density at radius 3 is 2.55 bits per heavy atom. The first-order chi connectivity index (χ1) is 10.8. The van der Waals surface area contributed by atoms with Crippen LogP contribution in [0.4, 0.5) is 5.95 Å². The fourth-order valence-electron chi connectivity index (χ4n) is 2.34. The van der Waals surface area contributed by atoms with Gasteiger partial charge in [-0.1, -0.05) is 32.6 Å². The summed E-state index contributed by atoms with van der Waals surface area (Å²) in [5, 5.41) is 2.06. The Hall–Kier alpha value is -1.49. The van der Waals surface area contributed by atoms with Crippen LogP contribution in [-0.4, -0.2) is 28.0 Å². The molecule has 2 heterocycles. The van der Waals surface area contributed by atoms with Gasteiger partial charge in [0.15, 0.2) is 5.51 Å². The predicted molar refractivity (Wildman–Crippen MR) is 92.4 cm³/mol. The average Bonchev–Trinajstić information content (AvgIpc) is 3.04. The number of aromatic nitrogens is 3. The van der Waals surface area contributed by atoms with Gasteiger partial charge in [-0.15, -0.1) is 11.3 Å². The number of hydrogen-bond donors (Lipinski definition) is 0. The maximum atomic E-state index is 4.48. The van der Waals surface area contributed by atoms with Gasteiger partial charge < -0.3 is 4.90 Å². The second-order valence-electron chi connectivity index (χ2n) is 5.64. The van der Waals surface area contributed by atoms with Crippen molar-refractivity contribution in [2.45, 2.75) is 52.4 Å². The van der Waals surface area contributed by atoms with E-state index in [4.69, 9.17) is 0 Å². The lowest BCUT2D eigenvalue weighted by Gasteiger charge is -2.22. The zero-order chi connectivity index (χ0) is 15.6. The zero-order valence-electron chi connectivity index (χ0n) is 13.6. The van der Waals surface area contributed by atoms with Crippen LogP contribution >= 0.6 is 11.3 Å². The van der Waals surface area contributed by atoms with Gasteiger partial charge in [0.1, 0.15) is 0 Å². The molecular weight excluding hydrogens is 292 g/mol. The molecule has 0 aliphatic heterocycles. The number of aryl methyl sites for hydroxylation is 1. The van der Waals surface area contributed by atoms with Crippen molar-refractivity contribution in [1.29, 1.82) is 0 Å². The van der Waals surface area contributed by atoms with Crippen LogP contribution in [0.2, 0.25) is 0 Å². The molecule has 1 radical (unpaired) electrons. The van der Waals surface area contributed by atoms with Gasteiger partial charge in [-0.3, -0.25) is 0 Å². The van der Waals surface area contributed by atoms with Crippen LogP contribution in [0.1, 0.15) is 50.3 Å². The van der Waals surface area contributed by atoms with Crippen molar-refractivity contribution in [1.82, 2.24) is 15.0 Å². The minimum atomic E-state index is 0.834. The van der Waals surface area contributed by atoms with E-state index >= 15 is 0 Å². The molecule has 0 saturated heterocycles. The number of unbranched alkanes of at least 4 members (excludes halogenated alkanes) is 4. The van der Waals surface area contributed by atoms with Gasteiger partial charge in [-0.2, -0.15) is 0 Å². The molecule has 22 heavy (non-hydrogen) atoms. The molecule has 2 rings (SSSR count).